The largest absolute Gasteiger partial charge is 0.508 e. The first-order valence-electron chi connectivity index (χ1n) is 19.8. The minimum atomic E-state index is -0.497. The molecule has 1 fully saturated rings. The molecule has 1 saturated carbocycles. The summed E-state index contributed by atoms with van der Waals surface area (Å²) in [4.78, 5) is 29.9. The van der Waals surface area contributed by atoms with Crippen LogP contribution < -0.4 is 15.8 Å². The van der Waals surface area contributed by atoms with Crippen molar-refractivity contribution in [2.24, 2.45) is 11.1 Å². The van der Waals surface area contributed by atoms with E-state index >= 15 is 0 Å². The summed E-state index contributed by atoms with van der Waals surface area (Å²) in [6.45, 7) is 2.40. The fourth-order valence-corrected chi connectivity index (χ4v) is 8.40. The van der Waals surface area contributed by atoms with E-state index in [1.54, 1.807) is 42.6 Å². The lowest BCUT2D eigenvalue weighted by Gasteiger charge is -2.26. The maximum atomic E-state index is 13.9. The van der Waals surface area contributed by atoms with Gasteiger partial charge in [-0.25, -0.2) is 0 Å². The van der Waals surface area contributed by atoms with Gasteiger partial charge in [0.2, 0.25) is 0 Å². The number of benzene rings is 3. The maximum absolute atomic E-state index is 13.9. The highest BCUT2D eigenvalue weighted by Crippen LogP contribution is 2.44. The number of unbranched alkanes of at least 4 members (excludes halogenated alkanes) is 1. The van der Waals surface area contributed by atoms with Gasteiger partial charge < -0.3 is 36.1 Å². The summed E-state index contributed by atoms with van der Waals surface area (Å²) in [5.74, 6) is 6.51. The highest BCUT2D eigenvalue weighted by molar-refractivity contribution is 5.98. The molecule has 0 bridgehead atoms. The van der Waals surface area contributed by atoms with Crippen LogP contribution in [0.2, 0.25) is 0 Å². The fraction of sp³-hybridized carbons (Fsp3) is 0.362. The summed E-state index contributed by atoms with van der Waals surface area (Å²) in [6, 6.07) is 16.4. The van der Waals surface area contributed by atoms with Gasteiger partial charge in [0.05, 0.1) is 19.1 Å². The van der Waals surface area contributed by atoms with Crippen LogP contribution in [-0.4, -0.2) is 44.6 Å². The summed E-state index contributed by atoms with van der Waals surface area (Å²) >= 11 is 0. The topological polar surface area (TPSA) is 158 Å². The number of fused-ring (bicyclic) bond motifs is 3. The van der Waals surface area contributed by atoms with Crippen molar-refractivity contribution in [2.45, 2.75) is 95.7 Å². The van der Waals surface area contributed by atoms with Crippen molar-refractivity contribution in [2.75, 3.05) is 6.61 Å². The number of allylic oxidation sites excluding steroid dienone is 2. The van der Waals surface area contributed by atoms with Gasteiger partial charge in [0, 0.05) is 53.8 Å². The lowest BCUT2D eigenvalue weighted by Crippen LogP contribution is -2.27. The second kappa shape index (κ2) is 17.1. The molecule has 0 spiro atoms. The molecule has 2 heterocycles. The number of aliphatic hydroxyl groups is 1. The Morgan fingerprint density at radius 2 is 1.86 bits per heavy atom. The molecule has 4 atom stereocenters. The van der Waals surface area contributed by atoms with Gasteiger partial charge in [0.1, 0.15) is 11.9 Å². The third-order valence-electron chi connectivity index (χ3n) is 11.6. The second-order valence-electron chi connectivity index (χ2n) is 15.5. The Labute approximate surface area is 328 Å². The molecular formula is C47H51N3O6. The van der Waals surface area contributed by atoms with E-state index in [9.17, 15) is 24.9 Å². The molecule has 9 nitrogen and oxygen atoms in total. The molecule has 2 aliphatic carbocycles. The molecule has 7 N–H and O–H groups in total. The number of phenols is 2. The molecule has 3 aromatic carbocycles. The third kappa shape index (κ3) is 8.78. The van der Waals surface area contributed by atoms with E-state index in [-0.39, 0.29) is 47.6 Å². The number of hydrogen-bond donors (Lipinski definition) is 6. The number of aryl methyl sites for hydroxylation is 1. The number of aromatic amines is 1. The van der Waals surface area contributed by atoms with Crippen LogP contribution in [0.15, 0.2) is 79.1 Å². The smallest absolute Gasteiger partial charge is 0.165 e. The van der Waals surface area contributed by atoms with Crippen LogP contribution >= 0.6 is 0 Å². The van der Waals surface area contributed by atoms with Crippen LogP contribution in [0.5, 0.6) is 17.2 Å². The van der Waals surface area contributed by atoms with Gasteiger partial charge in [-0.3, -0.25) is 9.59 Å². The first-order valence-corrected chi connectivity index (χ1v) is 19.8. The Bertz CT molecular complexity index is 2220. The van der Waals surface area contributed by atoms with E-state index in [2.05, 4.69) is 29.1 Å². The zero-order chi connectivity index (χ0) is 39.2. The number of H-pyrrole nitrogens is 1. The van der Waals surface area contributed by atoms with E-state index in [1.165, 1.54) is 0 Å². The van der Waals surface area contributed by atoms with Gasteiger partial charge in [-0.2, -0.15) is 0 Å². The van der Waals surface area contributed by atoms with Gasteiger partial charge in [-0.1, -0.05) is 55.9 Å². The molecule has 7 rings (SSSR count). The van der Waals surface area contributed by atoms with E-state index in [1.807, 2.05) is 42.6 Å². The van der Waals surface area contributed by atoms with Crippen molar-refractivity contribution < 1.29 is 29.6 Å². The Morgan fingerprint density at radius 1 is 1.04 bits per heavy atom. The van der Waals surface area contributed by atoms with Crippen molar-refractivity contribution in [1.82, 2.24) is 10.3 Å². The lowest BCUT2D eigenvalue weighted by atomic mass is 9.80. The SMILES string of the molecule is CCCCC1(C=CC(=O)CCc2ccc(O)c(OCCc3ccc(O)c(C4CC(=O)c5cc[nH]c5CC#Cc5cc6c(cc54)C=CNC6N)c3)c2)CCC(O)C1. The number of carbonyl (C=O) groups excluding carboxylic acids is 2. The normalized spacial score (nSPS) is 21.4. The summed E-state index contributed by atoms with van der Waals surface area (Å²) in [5.41, 5.74) is 13.5. The molecule has 290 valence electrons. The predicted octanol–water partition coefficient (Wildman–Crippen LogP) is 7.67. The predicted molar refractivity (Wildman–Crippen MR) is 217 cm³/mol. The zero-order valence-electron chi connectivity index (χ0n) is 31.9. The van der Waals surface area contributed by atoms with Crippen LogP contribution in [-0.2, 0) is 24.1 Å². The van der Waals surface area contributed by atoms with Gasteiger partial charge in [0.25, 0.3) is 0 Å². The average molecular weight is 754 g/mol. The first kappa shape index (κ1) is 38.7. The molecule has 1 aromatic heterocycles. The molecule has 1 aliphatic heterocycles. The number of Topliss-reactive ketones (excluding diaryl/α,β-unsaturated/α-hetero) is 1. The van der Waals surface area contributed by atoms with Crippen molar-refractivity contribution in [3.05, 3.63) is 129 Å². The highest BCUT2D eigenvalue weighted by atomic mass is 16.5. The monoisotopic (exact) mass is 753 g/mol. The molecule has 0 amide bonds. The third-order valence-corrected chi connectivity index (χ3v) is 11.6. The van der Waals surface area contributed by atoms with Crippen molar-refractivity contribution in [3.63, 3.8) is 0 Å². The summed E-state index contributed by atoms with van der Waals surface area (Å²) in [7, 11) is 0. The molecule has 3 aliphatic rings. The number of ketones is 2. The summed E-state index contributed by atoms with van der Waals surface area (Å²) in [5, 5.41) is 35.3. The number of carbonyl (C=O) groups is 2. The van der Waals surface area contributed by atoms with Gasteiger partial charge >= 0.3 is 0 Å². The van der Waals surface area contributed by atoms with Crippen molar-refractivity contribution >= 4 is 17.6 Å². The van der Waals surface area contributed by atoms with Crippen molar-refractivity contribution in [1.29, 1.82) is 0 Å². The Balaban J connectivity index is 1.06. The van der Waals surface area contributed by atoms with Crippen LogP contribution in [0.1, 0.15) is 125 Å². The van der Waals surface area contributed by atoms with E-state index < -0.39 is 12.1 Å². The molecule has 9 heteroatoms. The molecular weight excluding hydrogens is 703 g/mol. The number of nitrogens with two attached hydrogens (primary N) is 1. The number of ether oxygens (including phenoxy) is 1. The van der Waals surface area contributed by atoms with Crippen molar-refractivity contribution in [3.8, 4) is 29.1 Å². The number of rotatable bonds is 13. The molecule has 0 saturated heterocycles. The minimum absolute atomic E-state index is 0.0122. The van der Waals surface area contributed by atoms with Crippen LogP contribution in [0.4, 0.5) is 0 Å². The number of aromatic hydroxyl groups is 2. The fourth-order valence-electron chi connectivity index (χ4n) is 8.40. The van der Waals surface area contributed by atoms with Gasteiger partial charge in [0.15, 0.2) is 23.1 Å². The molecule has 4 aromatic rings. The first-order chi connectivity index (χ1) is 27.1. The summed E-state index contributed by atoms with van der Waals surface area (Å²) < 4.78 is 6.09. The molecule has 4 unspecified atom stereocenters. The number of nitrogens with one attached hydrogen (secondary N) is 2. The number of hydrogen-bond acceptors (Lipinski definition) is 8. The molecule has 0 radical (unpaired) electrons. The Hall–Kier alpha value is -5.56. The minimum Gasteiger partial charge on any atom is -0.508 e. The summed E-state index contributed by atoms with van der Waals surface area (Å²) in [6.07, 6.45) is 16.0. The Morgan fingerprint density at radius 3 is 2.66 bits per heavy atom. The number of aliphatic hydroxyl groups excluding tert-OH is 1. The van der Waals surface area contributed by atoms with Crippen LogP contribution in [0.25, 0.3) is 6.08 Å². The number of aromatic nitrogens is 1. The van der Waals surface area contributed by atoms with Gasteiger partial charge in [-0.15, -0.1) is 0 Å². The van der Waals surface area contributed by atoms with E-state index in [4.69, 9.17) is 10.5 Å². The lowest BCUT2D eigenvalue weighted by molar-refractivity contribution is -0.114. The van der Waals surface area contributed by atoms with E-state index in [0.717, 1.165) is 71.2 Å². The second-order valence-corrected chi connectivity index (χ2v) is 15.5. The number of phenolic OH excluding ortho intramolecular Hbond substituents is 2. The van der Waals surface area contributed by atoms with Crippen LogP contribution in [0, 0.1) is 17.3 Å². The Kier molecular flexibility index (Phi) is 11.8. The quantitative estimate of drug-likeness (QED) is 0.0600. The standard InChI is InChI=1S/C47H51N3O6/c1-2-3-18-47(20-14-35(52)29-47)19-13-34(51)10-7-30-9-12-43(54)45(25-30)56-23-17-31-8-11-42(53)40(24-31)39-28-44(55)36-16-22-49-41(36)6-4-5-32-27-38-33(26-37(32)39)15-21-50-46(38)48/h8-9,11-13,15-16,19,21-22,24-27,35,39,46,49-50,52-54H,2-3,6-7,10,14,17-18,20,23,28-29,48H2,1H3. The average Bonchev–Trinajstić information content (AvgIpc) is 3.82. The zero-order valence-corrected chi connectivity index (χ0v) is 31.9. The highest BCUT2D eigenvalue weighted by Gasteiger charge is 2.36. The van der Waals surface area contributed by atoms with Crippen LogP contribution in [0.3, 0.4) is 0 Å². The molecule has 56 heavy (non-hydrogen) atoms. The van der Waals surface area contributed by atoms with Gasteiger partial charge in [-0.05, 0) is 120 Å². The maximum Gasteiger partial charge on any atom is 0.165 e. The van der Waals surface area contributed by atoms with E-state index in [0.29, 0.717) is 49.0 Å².